The van der Waals surface area contributed by atoms with Gasteiger partial charge in [0.1, 0.15) is 5.78 Å². The van der Waals surface area contributed by atoms with Gasteiger partial charge < -0.3 is 4.74 Å². The van der Waals surface area contributed by atoms with Gasteiger partial charge in [-0.25, -0.2) is 4.79 Å². The van der Waals surface area contributed by atoms with E-state index in [4.69, 9.17) is 10.00 Å². The smallest absolute Gasteiger partial charge is 0.338 e. The zero-order valence-corrected chi connectivity index (χ0v) is 11.7. The molecule has 0 aliphatic heterocycles. The Balaban J connectivity index is 3.22. The van der Waals surface area contributed by atoms with Crippen LogP contribution in [0.5, 0.6) is 0 Å². The minimum absolute atomic E-state index is 0.0973. The maximum Gasteiger partial charge on any atom is 0.338 e. The summed E-state index contributed by atoms with van der Waals surface area (Å²) < 4.78 is 4.87. The van der Waals surface area contributed by atoms with Gasteiger partial charge in [0.05, 0.1) is 28.6 Å². The van der Waals surface area contributed by atoms with E-state index in [1.165, 1.54) is 13.0 Å². The van der Waals surface area contributed by atoms with Crippen LogP contribution in [0.1, 0.15) is 40.2 Å². The molecule has 0 heterocycles. The number of carbonyl (C=O) groups is 2. The Morgan fingerprint density at radius 2 is 2.11 bits per heavy atom. The van der Waals surface area contributed by atoms with Crippen LogP contribution >= 0.6 is 15.9 Å². The highest BCUT2D eigenvalue weighted by Crippen LogP contribution is 2.26. The maximum absolute atomic E-state index is 11.6. The average Bonchev–Trinajstić information content (AvgIpc) is 2.37. The maximum atomic E-state index is 11.6. The fourth-order valence-corrected chi connectivity index (χ4v) is 1.69. The number of rotatable bonds is 4. The summed E-state index contributed by atoms with van der Waals surface area (Å²) in [5.41, 5.74) is 1.17. The van der Waals surface area contributed by atoms with E-state index in [9.17, 15) is 9.59 Å². The van der Waals surface area contributed by atoms with Crippen molar-refractivity contribution >= 4 is 27.7 Å². The van der Waals surface area contributed by atoms with E-state index in [2.05, 4.69) is 15.9 Å². The van der Waals surface area contributed by atoms with Gasteiger partial charge in [-0.05, 0) is 37.6 Å². The molecule has 0 saturated carbocycles. The molecule has 0 aliphatic carbocycles. The number of Topliss-reactive ketones (excluding diaryl/α,β-unsaturated/α-hetero) is 1. The number of halogens is 1. The molecular weight excluding hydrogens is 298 g/mol. The van der Waals surface area contributed by atoms with Gasteiger partial charge >= 0.3 is 5.97 Å². The zero-order valence-electron chi connectivity index (χ0n) is 10.1. The quantitative estimate of drug-likeness (QED) is 0.633. The Hall–Kier alpha value is -1.67. The Morgan fingerprint density at radius 1 is 1.44 bits per heavy atom. The summed E-state index contributed by atoms with van der Waals surface area (Å²) in [6.45, 7) is 3.40. The van der Waals surface area contributed by atoms with Gasteiger partial charge in [-0.2, -0.15) is 5.26 Å². The molecule has 0 N–H and O–H groups in total. The van der Waals surface area contributed by atoms with Crippen molar-refractivity contribution in [2.45, 2.75) is 18.7 Å². The molecule has 18 heavy (non-hydrogen) atoms. The summed E-state index contributed by atoms with van der Waals surface area (Å²) in [6, 6.07) is 6.53. The lowest BCUT2D eigenvalue weighted by Gasteiger charge is -2.09. The summed E-state index contributed by atoms with van der Waals surface area (Å²) in [7, 11) is 0. The van der Waals surface area contributed by atoms with Gasteiger partial charge in [-0.15, -0.1) is 0 Å². The van der Waals surface area contributed by atoms with Gasteiger partial charge in [-0.1, -0.05) is 15.9 Å². The molecule has 0 fully saturated rings. The molecule has 0 aliphatic rings. The third kappa shape index (κ3) is 3.41. The number of hydrogen-bond acceptors (Lipinski definition) is 4. The molecule has 0 amide bonds. The molecule has 0 spiro atoms. The number of nitriles is 1. The summed E-state index contributed by atoms with van der Waals surface area (Å²) in [5, 5.41) is 8.92. The lowest BCUT2D eigenvalue weighted by atomic mass is 10.0. The van der Waals surface area contributed by atoms with Crippen molar-refractivity contribution in [3.63, 3.8) is 0 Å². The van der Waals surface area contributed by atoms with E-state index in [1.54, 1.807) is 19.1 Å². The number of alkyl halides is 1. The van der Waals surface area contributed by atoms with Crippen LogP contribution in [0.4, 0.5) is 0 Å². The van der Waals surface area contributed by atoms with Crippen molar-refractivity contribution in [3.8, 4) is 6.07 Å². The van der Waals surface area contributed by atoms with E-state index in [0.29, 0.717) is 11.1 Å². The first kappa shape index (κ1) is 14.4. The topological polar surface area (TPSA) is 67.2 Å². The molecule has 0 radical (unpaired) electrons. The highest BCUT2D eigenvalue weighted by molar-refractivity contribution is 9.09. The first-order valence-electron chi connectivity index (χ1n) is 5.36. The Bertz CT molecular complexity index is 519. The van der Waals surface area contributed by atoms with Crippen LogP contribution in [0.2, 0.25) is 0 Å². The van der Waals surface area contributed by atoms with Crippen LogP contribution in [-0.2, 0) is 9.53 Å². The molecule has 1 aromatic carbocycles. The second kappa shape index (κ2) is 6.31. The van der Waals surface area contributed by atoms with E-state index in [1.807, 2.05) is 6.07 Å². The SMILES string of the molecule is CCOC(=O)c1cc(C#N)cc(C(Br)C(C)=O)c1. The van der Waals surface area contributed by atoms with Crippen molar-refractivity contribution < 1.29 is 14.3 Å². The van der Waals surface area contributed by atoms with Crippen molar-refractivity contribution in [2.75, 3.05) is 6.61 Å². The first-order chi connectivity index (χ1) is 8.49. The van der Waals surface area contributed by atoms with E-state index in [0.717, 1.165) is 0 Å². The largest absolute Gasteiger partial charge is 0.462 e. The lowest BCUT2D eigenvalue weighted by molar-refractivity contribution is -0.116. The van der Waals surface area contributed by atoms with Crippen LogP contribution in [0, 0.1) is 11.3 Å². The molecule has 1 unspecified atom stereocenters. The third-order valence-electron chi connectivity index (χ3n) is 2.25. The number of carbonyl (C=O) groups excluding carboxylic acids is 2. The zero-order chi connectivity index (χ0) is 13.7. The number of benzene rings is 1. The average molecular weight is 310 g/mol. The highest BCUT2D eigenvalue weighted by atomic mass is 79.9. The molecule has 94 valence electrons. The van der Waals surface area contributed by atoms with Gasteiger partial charge in [0.25, 0.3) is 0 Å². The van der Waals surface area contributed by atoms with Crippen LogP contribution in [0.25, 0.3) is 0 Å². The molecule has 0 bridgehead atoms. The highest BCUT2D eigenvalue weighted by Gasteiger charge is 2.17. The molecular formula is C13H12BrNO3. The first-order valence-corrected chi connectivity index (χ1v) is 6.28. The third-order valence-corrected chi connectivity index (χ3v) is 3.42. The van der Waals surface area contributed by atoms with Crippen molar-refractivity contribution in [1.82, 2.24) is 0 Å². The Kier molecular flexibility index (Phi) is 5.05. The summed E-state index contributed by atoms with van der Waals surface area (Å²) >= 11 is 3.22. The fraction of sp³-hybridized carbons (Fsp3) is 0.308. The monoisotopic (exact) mass is 309 g/mol. The molecule has 0 saturated heterocycles. The Morgan fingerprint density at radius 3 is 2.61 bits per heavy atom. The second-order valence-electron chi connectivity index (χ2n) is 3.65. The fourth-order valence-electron chi connectivity index (χ4n) is 1.43. The predicted octanol–water partition coefficient (Wildman–Crippen LogP) is 2.76. The molecule has 1 aromatic rings. The molecule has 4 nitrogen and oxygen atoms in total. The molecule has 0 aromatic heterocycles. The molecule has 1 atom stereocenters. The second-order valence-corrected chi connectivity index (χ2v) is 4.56. The number of ether oxygens (including phenoxy) is 1. The van der Waals surface area contributed by atoms with Crippen LogP contribution in [0.3, 0.4) is 0 Å². The number of ketones is 1. The van der Waals surface area contributed by atoms with Crippen molar-refractivity contribution in [1.29, 1.82) is 5.26 Å². The van der Waals surface area contributed by atoms with E-state index in [-0.39, 0.29) is 18.0 Å². The van der Waals surface area contributed by atoms with Crippen molar-refractivity contribution in [3.05, 3.63) is 34.9 Å². The number of hydrogen-bond donors (Lipinski definition) is 0. The summed E-state index contributed by atoms with van der Waals surface area (Å²) in [6.07, 6.45) is 0. The van der Waals surface area contributed by atoms with Crippen molar-refractivity contribution in [2.24, 2.45) is 0 Å². The van der Waals surface area contributed by atoms with E-state index >= 15 is 0 Å². The van der Waals surface area contributed by atoms with Crippen LogP contribution in [-0.4, -0.2) is 18.4 Å². The minimum atomic E-state index is -0.529. The number of esters is 1. The number of nitrogens with zero attached hydrogens (tertiary/aromatic N) is 1. The lowest BCUT2D eigenvalue weighted by Crippen LogP contribution is -2.08. The van der Waals surface area contributed by atoms with Gasteiger partial charge in [-0.3, -0.25) is 4.79 Å². The van der Waals surface area contributed by atoms with Crippen LogP contribution < -0.4 is 0 Å². The molecule has 5 heteroatoms. The standard InChI is InChI=1S/C13H12BrNO3/c1-3-18-13(17)11-5-9(7-15)4-10(6-11)12(14)8(2)16/h4-6,12H,3H2,1-2H3. The van der Waals surface area contributed by atoms with Gasteiger partial charge in [0, 0.05) is 0 Å². The van der Waals surface area contributed by atoms with Gasteiger partial charge in [0.2, 0.25) is 0 Å². The molecule has 1 rings (SSSR count). The van der Waals surface area contributed by atoms with Gasteiger partial charge in [0.15, 0.2) is 0 Å². The predicted molar refractivity (Wildman–Crippen MR) is 69.5 cm³/mol. The summed E-state index contributed by atoms with van der Waals surface area (Å²) in [4.78, 5) is 22.4. The van der Waals surface area contributed by atoms with Crippen LogP contribution in [0.15, 0.2) is 18.2 Å². The minimum Gasteiger partial charge on any atom is -0.462 e. The Labute approximate surface area is 114 Å². The summed E-state index contributed by atoms with van der Waals surface area (Å²) in [5.74, 6) is -0.598. The van der Waals surface area contributed by atoms with E-state index < -0.39 is 10.8 Å². The normalized spacial score (nSPS) is 11.4.